The third kappa shape index (κ3) is 32.1. The van der Waals surface area contributed by atoms with Crippen LogP contribution in [0.1, 0.15) is 96.8 Å². The summed E-state index contributed by atoms with van der Waals surface area (Å²) in [7, 11) is -10.7. The first-order chi connectivity index (χ1) is 13.4. The molecule has 0 aliphatic rings. The van der Waals surface area contributed by atoms with E-state index < -0.39 is 7.81 Å². The molecule has 0 spiro atoms. The number of aromatic nitrogens is 1. The Morgan fingerprint density at radius 3 is 1.17 bits per heavy atom. The molecule has 0 aliphatic heterocycles. The Kier molecular flexibility index (Phi) is 13.1. The molecule has 0 bridgehead atoms. The van der Waals surface area contributed by atoms with Crippen LogP contribution in [-0.4, -0.2) is 0 Å². The van der Waals surface area contributed by atoms with E-state index in [0.717, 1.165) is 0 Å². The molecule has 0 amide bonds. The Morgan fingerprint density at radius 2 is 0.828 bits per heavy atom. The summed E-state index contributed by atoms with van der Waals surface area (Å²) in [5.74, 6) is 0. The summed E-state index contributed by atoms with van der Waals surface area (Å²) >= 11 is 0. The van der Waals surface area contributed by atoms with E-state index in [4.69, 9.17) is 0 Å². The Bertz CT molecular complexity index is 493. The number of hydrogen-bond acceptors (Lipinski definition) is 0. The Labute approximate surface area is 172 Å². The first-order valence-electron chi connectivity index (χ1n) is 10.9. The van der Waals surface area contributed by atoms with E-state index in [2.05, 4.69) is 42.1 Å². The molecule has 1 aromatic rings. The van der Waals surface area contributed by atoms with Crippen LogP contribution in [0.3, 0.4) is 0 Å². The average Bonchev–Trinajstić information content (AvgIpc) is 2.60. The number of rotatable bonds is 15. The number of pyridine rings is 1. The van der Waals surface area contributed by atoms with Gasteiger partial charge >= 0.3 is 33.0 Å². The Hall–Kier alpha value is -0.840. The van der Waals surface area contributed by atoms with Crippen LogP contribution in [0.15, 0.2) is 30.6 Å². The molecule has 0 fully saturated rings. The second-order valence-corrected chi connectivity index (χ2v) is 9.58. The van der Waals surface area contributed by atoms with E-state index >= 15 is 0 Å². The predicted molar refractivity (Wildman–Crippen MR) is 111 cm³/mol. The summed E-state index contributed by atoms with van der Waals surface area (Å²) < 4.78 is 61.5. The van der Waals surface area contributed by atoms with E-state index in [1.165, 1.54) is 96.4 Å². The second kappa shape index (κ2) is 13.5. The molecule has 0 atom stereocenters. The molecule has 0 unspecified atom stereocenters. The molecule has 0 aromatic carbocycles. The molecular weight excluding hydrogens is 411 g/mol. The summed E-state index contributed by atoms with van der Waals surface area (Å²) in [5, 5.41) is 0. The van der Waals surface area contributed by atoms with Crippen molar-refractivity contribution in [1.29, 1.82) is 0 Å². The Balaban J connectivity index is 0.000000956. The standard InChI is InChI=1S/C21H38N.F6P/c1-2-3-4-5-6-7-8-9-10-11-12-13-14-16-19-22-20-17-15-18-21-22;1-7(2,3,4,5)6/h15,17-18,20-21H,2-14,16,19H2,1H3;/q+1;-1. The van der Waals surface area contributed by atoms with Crippen LogP contribution in [-0.2, 0) is 6.54 Å². The minimum absolute atomic E-state index is 1.18. The molecule has 0 saturated heterocycles. The van der Waals surface area contributed by atoms with Crippen LogP contribution in [0, 0.1) is 0 Å². The van der Waals surface area contributed by atoms with Gasteiger partial charge < -0.3 is 0 Å². The van der Waals surface area contributed by atoms with E-state index in [-0.39, 0.29) is 0 Å². The minimum atomic E-state index is -10.7. The van der Waals surface area contributed by atoms with Gasteiger partial charge in [-0.05, 0) is 6.42 Å². The van der Waals surface area contributed by atoms with Crippen molar-refractivity contribution >= 4 is 7.81 Å². The molecule has 1 nitrogen and oxygen atoms in total. The molecule has 8 heteroatoms. The summed E-state index contributed by atoms with van der Waals surface area (Å²) in [6.07, 6.45) is 24.4. The maximum atomic E-state index is 9.87. The van der Waals surface area contributed by atoms with Crippen LogP contribution < -0.4 is 4.57 Å². The molecule has 0 saturated carbocycles. The van der Waals surface area contributed by atoms with Gasteiger partial charge in [-0.3, -0.25) is 0 Å². The number of unbranched alkanes of at least 4 members (excludes halogenated alkanes) is 13. The average molecular weight is 450 g/mol. The summed E-state index contributed by atoms with van der Waals surface area (Å²) in [6.45, 7) is 3.47. The van der Waals surface area contributed by atoms with Gasteiger partial charge in [-0.2, -0.15) is 0 Å². The van der Waals surface area contributed by atoms with Gasteiger partial charge in [-0.15, -0.1) is 0 Å². The van der Waals surface area contributed by atoms with Crippen molar-refractivity contribution in [3.8, 4) is 0 Å². The SMILES string of the molecule is CCCCCCCCCCCCCCCC[n+]1ccccc1.F[P-](F)(F)(F)(F)F. The fourth-order valence-electron chi connectivity index (χ4n) is 3.07. The molecule has 0 radical (unpaired) electrons. The molecule has 1 rings (SSSR count). The zero-order valence-corrected chi connectivity index (χ0v) is 18.5. The second-order valence-electron chi connectivity index (χ2n) is 7.67. The quantitative estimate of drug-likeness (QED) is 0.109. The number of nitrogens with zero attached hydrogens (tertiary/aromatic N) is 1. The fourth-order valence-corrected chi connectivity index (χ4v) is 3.07. The number of hydrogen-bond donors (Lipinski definition) is 0. The van der Waals surface area contributed by atoms with E-state index in [1.54, 1.807) is 0 Å². The number of halogens is 6. The first kappa shape index (κ1) is 28.2. The van der Waals surface area contributed by atoms with Gasteiger partial charge in [0.05, 0.1) is 0 Å². The number of aryl methyl sites for hydroxylation is 1. The third-order valence-corrected chi connectivity index (χ3v) is 4.55. The Morgan fingerprint density at radius 1 is 0.517 bits per heavy atom. The molecular formula is C21H38F6NP. The van der Waals surface area contributed by atoms with Gasteiger partial charge in [-0.1, -0.05) is 90.0 Å². The van der Waals surface area contributed by atoms with Gasteiger partial charge in [0.25, 0.3) is 0 Å². The van der Waals surface area contributed by atoms with Crippen LogP contribution in [0.4, 0.5) is 25.2 Å². The monoisotopic (exact) mass is 449 g/mol. The molecule has 1 heterocycles. The van der Waals surface area contributed by atoms with Crippen molar-refractivity contribution in [2.24, 2.45) is 0 Å². The van der Waals surface area contributed by atoms with Gasteiger partial charge in [-0.25, -0.2) is 4.57 Å². The summed E-state index contributed by atoms with van der Waals surface area (Å²) in [4.78, 5) is 0. The molecule has 29 heavy (non-hydrogen) atoms. The van der Waals surface area contributed by atoms with E-state index in [9.17, 15) is 25.2 Å². The maximum absolute atomic E-state index is 10.7. The van der Waals surface area contributed by atoms with Crippen molar-refractivity contribution in [2.75, 3.05) is 0 Å². The topological polar surface area (TPSA) is 3.88 Å². The fraction of sp³-hybridized carbons (Fsp3) is 0.762. The van der Waals surface area contributed by atoms with Gasteiger partial charge in [0.15, 0.2) is 12.4 Å². The van der Waals surface area contributed by atoms with Crippen LogP contribution in [0.2, 0.25) is 0 Å². The zero-order chi connectivity index (χ0) is 22.1. The van der Waals surface area contributed by atoms with Crippen LogP contribution in [0.25, 0.3) is 0 Å². The predicted octanol–water partition coefficient (Wildman–Crippen LogP) is 9.84. The zero-order valence-electron chi connectivity index (χ0n) is 17.7. The van der Waals surface area contributed by atoms with Crippen LogP contribution in [0.5, 0.6) is 0 Å². The molecule has 174 valence electrons. The van der Waals surface area contributed by atoms with Crippen molar-refractivity contribution in [3.05, 3.63) is 30.6 Å². The molecule has 0 aliphatic carbocycles. The van der Waals surface area contributed by atoms with Crippen molar-refractivity contribution < 1.29 is 29.7 Å². The summed E-state index contributed by atoms with van der Waals surface area (Å²) in [5.41, 5.74) is 0. The summed E-state index contributed by atoms with van der Waals surface area (Å²) in [6, 6.07) is 6.31. The van der Waals surface area contributed by atoms with Crippen molar-refractivity contribution in [3.63, 3.8) is 0 Å². The van der Waals surface area contributed by atoms with Gasteiger partial charge in [0, 0.05) is 18.6 Å². The molecule has 1 aromatic heterocycles. The van der Waals surface area contributed by atoms with Crippen LogP contribution >= 0.6 is 7.81 Å². The van der Waals surface area contributed by atoms with E-state index in [1.807, 2.05) is 0 Å². The third-order valence-electron chi connectivity index (χ3n) is 4.55. The van der Waals surface area contributed by atoms with Crippen molar-refractivity contribution in [1.82, 2.24) is 0 Å². The normalized spacial score (nSPS) is 13.9. The molecule has 0 N–H and O–H groups in total. The van der Waals surface area contributed by atoms with Crippen molar-refractivity contribution in [2.45, 2.75) is 103 Å². The van der Waals surface area contributed by atoms with Gasteiger partial charge in [0.2, 0.25) is 0 Å². The first-order valence-corrected chi connectivity index (χ1v) is 12.9. The van der Waals surface area contributed by atoms with Gasteiger partial charge in [0.1, 0.15) is 6.54 Å². The van der Waals surface area contributed by atoms with E-state index in [0.29, 0.717) is 0 Å².